The number of aliphatic hydroxyl groups excluding tert-OH is 2. The second kappa shape index (κ2) is 7.44. The first-order valence-corrected chi connectivity index (χ1v) is 15.3. The number of aliphatic hydroxyl groups is 2. The smallest absolute Gasteiger partial charge is 0.0618 e. The Hall–Kier alpha value is -0.340. The van der Waals surface area contributed by atoms with Crippen molar-refractivity contribution in [2.45, 2.75) is 134 Å². The van der Waals surface area contributed by atoms with E-state index in [-0.39, 0.29) is 45.2 Å². The highest BCUT2D eigenvalue weighted by molar-refractivity contribution is 5.35. The molecule has 0 spiro atoms. The van der Waals surface area contributed by atoms with E-state index in [1.54, 1.807) is 0 Å². The monoisotopic (exact) mass is 498 g/mol. The average Bonchev–Trinajstić information content (AvgIpc) is 2.78. The third-order valence-corrected chi connectivity index (χ3v) is 16.3. The molecule has 0 amide bonds. The normalized spacial score (nSPS) is 54.9. The average molecular weight is 499 g/mol. The zero-order chi connectivity index (χ0) is 27.0. The summed E-state index contributed by atoms with van der Waals surface area (Å²) < 4.78 is 0. The summed E-state index contributed by atoms with van der Waals surface area (Å²) in [6, 6.07) is 0. The van der Waals surface area contributed by atoms with Crippen molar-refractivity contribution >= 4 is 0 Å². The molecule has 5 aliphatic carbocycles. The molecule has 2 nitrogen and oxygen atoms in total. The predicted molar refractivity (Wildman–Crippen MR) is 150 cm³/mol. The number of hydrogen-bond acceptors (Lipinski definition) is 2. The molecule has 9 unspecified atom stereocenters. The first-order chi connectivity index (χ1) is 16.3. The molecule has 0 heterocycles. The van der Waals surface area contributed by atoms with Gasteiger partial charge >= 0.3 is 0 Å². The number of hydrogen-bond donors (Lipinski definition) is 2. The van der Waals surface area contributed by atoms with Gasteiger partial charge in [0.15, 0.2) is 0 Å². The van der Waals surface area contributed by atoms with Crippen LogP contribution in [-0.2, 0) is 0 Å². The molecule has 0 bridgehead atoms. The molecule has 2 heteroatoms. The Kier molecular flexibility index (Phi) is 5.63. The lowest BCUT2D eigenvalue weighted by Crippen LogP contribution is -2.68. The van der Waals surface area contributed by atoms with Crippen LogP contribution in [0.3, 0.4) is 0 Å². The third kappa shape index (κ3) is 2.78. The maximum atomic E-state index is 11.0. The first kappa shape index (κ1) is 27.2. The van der Waals surface area contributed by atoms with Crippen molar-refractivity contribution in [3.05, 3.63) is 11.6 Å². The standard InChI is InChI=1S/C34H58O2/c1-27(2)20-23-22-12-13-25-30(7)16-15-26(36)31(8,21-35)24(30)14-17-34(25,11)33(22,10)19-18-32(23,9)29(5,6)28(27,3)4/h12,23-26,35-36H,13-21H2,1-11H3. The molecule has 2 N–H and O–H groups in total. The second-order valence-corrected chi connectivity index (χ2v) is 17.3. The van der Waals surface area contributed by atoms with Gasteiger partial charge in [0.1, 0.15) is 0 Å². The molecule has 0 aromatic rings. The van der Waals surface area contributed by atoms with Crippen molar-refractivity contribution in [1.82, 2.24) is 0 Å². The minimum atomic E-state index is -0.374. The van der Waals surface area contributed by atoms with Crippen LogP contribution < -0.4 is 0 Å². The van der Waals surface area contributed by atoms with Crippen molar-refractivity contribution in [2.75, 3.05) is 6.61 Å². The Morgan fingerprint density at radius 1 is 0.750 bits per heavy atom. The van der Waals surface area contributed by atoms with Crippen LogP contribution in [0.1, 0.15) is 128 Å². The van der Waals surface area contributed by atoms with Gasteiger partial charge in [0.25, 0.3) is 0 Å². The maximum Gasteiger partial charge on any atom is 0.0618 e. The summed E-state index contributed by atoms with van der Waals surface area (Å²) in [5, 5.41) is 21.5. The van der Waals surface area contributed by atoms with Crippen LogP contribution in [0.25, 0.3) is 0 Å². The molecule has 206 valence electrons. The molecule has 0 aromatic heterocycles. The van der Waals surface area contributed by atoms with Crippen molar-refractivity contribution in [3.63, 3.8) is 0 Å². The highest BCUT2D eigenvalue weighted by Gasteiger charge is 2.71. The largest absolute Gasteiger partial charge is 0.396 e. The van der Waals surface area contributed by atoms with Crippen LogP contribution in [0.2, 0.25) is 0 Å². The highest BCUT2D eigenvalue weighted by Crippen LogP contribution is 2.79. The zero-order valence-electron chi connectivity index (χ0n) is 25.6. The maximum absolute atomic E-state index is 11.0. The van der Waals surface area contributed by atoms with E-state index in [0.717, 1.165) is 19.3 Å². The molecule has 0 radical (unpaired) electrons. The highest BCUT2D eigenvalue weighted by atomic mass is 16.3. The Balaban J connectivity index is 1.61. The van der Waals surface area contributed by atoms with E-state index in [1.165, 1.54) is 32.1 Å². The summed E-state index contributed by atoms with van der Waals surface area (Å²) in [5.74, 6) is 1.69. The molecule has 4 saturated carbocycles. The van der Waals surface area contributed by atoms with Crippen LogP contribution in [0.4, 0.5) is 0 Å². The number of rotatable bonds is 1. The van der Waals surface area contributed by atoms with Gasteiger partial charge in [-0.15, -0.1) is 0 Å². The number of fused-ring (bicyclic) bond motifs is 7. The third-order valence-electron chi connectivity index (χ3n) is 16.3. The lowest BCUT2D eigenvalue weighted by molar-refractivity contribution is -0.232. The van der Waals surface area contributed by atoms with E-state index in [2.05, 4.69) is 82.2 Å². The SMILES string of the molecule is CC1(CO)C(O)CCC2(C)C1CCC1(C)C2CC=C2C3CC(C)(C)C(C)(C)C(C)(C)C3(C)CCC21C. The minimum absolute atomic E-state index is 0.108. The molecule has 5 aliphatic rings. The predicted octanol–water partition coefficient (Wildman–Crippen LogP) is 8.41. The molecule has 0 aliphatic heterocycles. The van der Waals surface area contributed by atoms with Gasteiger partial charge in [-0.3, -0.25) is 0 Å². The molecule has 9 atom stereocenters. The van der Waals surface area contributed by atoms with Crippen molar-refractivity contribution in [2.24, 2.45) is 61.1 Å². The summed E-state index contributed by atoms with van der Waals surface area (Å²) in [7, 11) is 0. The van der Waals surface area contributed by atoms with Crippen LogP contribution >= 0.6 is 0 Å². The molecule has 5 rings (SSSR count). The van der Waals surface area contributed by atoms with Gasteiger partial charge in [0.2, 0.25) is 0 Å². The van der Waals surface area contributed by atoms with Gasteiger partial charge in [-0.1, -0.05) is 87.8 Å². The number of allylic oxidation sites excluding steroid dienone is 2. The second-order valence-electron chi connectivity index (χ2n) is 17.3. The Bertz CT molecular complexity index is 958. The van der Waals surface area contributed by atoms with Crippen LogP contribution in [-0.4, -0.2) is 22.9 Å². The summed E-state index contributed by atoms with van der Waals surface area (Å²) in [6.45, 7) is 28.2. The van der Waals surface area contributed by atoms with Gasteiger partial charge in [0, 0.05) is 5.41 Å². The molecular weight excluding hydrogens is 440 g/mol. The van der Waals surface area contributed by atoms with Crippen LogP contribution in [0, 0.1) is 61.1 Å². The van der Waals surface area contributed by atoms with Gasteiger partial charge in [0.05, 0.1) is 12.7 Å². The Labute approximate surface area is 223 Å². The minimum Gasteiger partial charge on any atom is -0.396 e. The molecule has 0 saturated heterocycles. The van der Waals surface area contributed by atoms with Crippen molar-refractivity contribution in [1.29, 1.82) is 0 Å². The van der Waals surface area contributed by atoms with Gasteiger partial charge in [-0.05, 0) is 107 Å². The van der Waals surface area contributed by atoms with Crippen molar-refractivity contribution in [3.8, 4) is 0 Å². The van der Waals surface area contributed by atoms with E-state index in [1.807, 2.05) is 5.57 Å². The van der Waals surface area contributed by atoms with Crippen LogP contribution in [0.15, 0.2) is 11.6 Å². The van der Waals surface area contributed by atoms with E-state index >= 15 is 0 Å². The summed E-state index contributed by atoms with van der Waals surface area (Å²) in [5.41, 5.74) is 3.32. The molecule has 0 aromatic carbocycles. The molecule has 36 heavy (non-hydrogen) atoms. The zero-order valence-corrected chi connectivity index (χ0v) is 25.6. The van der Waals surface area contributed by atoms with Crippen LogP contribution in [0.5, 0.6) is 0 Å². The fourth-order valence-corrected chi connectivity index (χ4v) is 12.0. The van der Waals surface area contributed by atoms with E-state index in [4.69, 9.17) is 0 Å². The summed E-state index contributed by atoms with van der Waals surface area (Å²) in [4.78, 5) is 0. The fraction of sp³-hybridized carbons (Fsp3) is 0.941. The molecule has 4 fully saturated rings. The topological polar surface area (TPSA) is 40.5 Å². The molecular formula is C34H58O2. The lowest BCUT2D eigenvalue weighted by atomic mass is 9.30. The fourth-order valence-electron chi connectivity index (χ4n) is 12.0. The lowest BCUT2D eigenvalue weighted by Gasteiger charge is -2.75. The quantitative estimate of drug-likeness (QED) is 0.356. The van der Waals surface area contributed by atoms with Gasteiger partial charge in [-0.2, -0.15) is 0 Å². The van der Waals surface area contributed by atoms with E-state index in [9.17, 15) is 10.2 Å². The Morgan fingerprint density at radius 2 is 1.39 bits per heavy atom. The summed E-state index contributed by atoms with van der Waals surface area (Å²) >= 11 is 0. The van der Waals surface area contributed by atoms with Gasteiger partial charge < -0.3 is 10.2 Å². The summed E-state index contributed by atoms with van der Waals surface area (Å²) in [6.07, 6.45) is 11.8. The first-order valence-electron chi connectivity index (χ1n) is 15.3. The van der Waals surface area contributed by atoms with E-state index in [0.29, 0.717) is 28.6 Å². The van der Waals surface area contributed by atoms with E-state index < -0.39 is 0 Å². The van der Waals surface area contributed by atoms with Crippen molar-refractivity contribution < 1.29 is 10.2 Å². The van der Waals surface area contributed by atoms with Gasteiger partial charge in [-0.25, -0.2) is 0 Å². The Morgan fingerprint density at radius 3 is 2.00 bits per heavy atom.